The first kappa shape index (κ1) is 15.8. The largest absolute Gasteiger partial charge is 0.490 e. The molecule has 4 heteroatoms. The fraction of sp³-hybridized carbons (Fsp3) is 0.222. The van der Waals surface area contributed by atoms with Crippen LogP contribution in [-0.2, 0) is 6.42 Å². The van der Waals surface area contributed by atoms with E-state index in [2.05, 4.69) is 11.6 Å². The molecule has 2 rings (SSSR count). The van der Waals surface area contributed by atoms with Gasteiger partial charge in [0.2, 0.25) is 0 Å². The number of aromatic nitrogens is 1. The van der Waals surface area contributed by atoms with Crippen molar-refractivity contribution in [1.82, 2.24) is 9.88 Å². The van der Waals surface area contributed by atoms with Crippen molar-refractivity contribution in [2.45, 2.75) is 6.42 Å². The Labute approximate surface area is 131 Å². The third-order valence-electron chi connectivity index (χ3n) is 3.25. The van der Waals surface area contributed by atoms with Crippen molar-refractivity contribution in [3.05, 3.63) is 72.6 Å². The predicted octanol–water partition coefficient (Wildman–Crippen LogP) is 2.96. The van der Waals surface area contributed by atoms with Crippen LogP contribution in [0.15, 0.2) is 61.3 Å². The number of rotatable bonds is 7. The van der Waals surface area contributed by atoms with Gasteiger partial charge in [-0.1, -0.05) is 18.7 Å². The lowest BCUT2D eigenvalue weighted by Gasteiger charge is -2.17. The molecule has 1 aromatic carbocycles. The van der Waals surface area contributed by atoms with Gasteiger partial charge < -0.3 is 9.64 Å². The Morgan fingerprint density at radius 1 is 1.27 bits per heavy atom. The van der Waals surface area contributed by atoms with Gasteiger partial charge in [0.1, 0.15) is 12.4 Å². The number of pyridine rings is 1. The number of likely N-dealkylation sites (N-methyl/N-ethyl adjacent to an activating group) is 1. The molecule has 0 saturated heterocycles. The maximum atomic E-state index is 12.3. The highest BCUT2D eigenvalue weighted by Crippen LogP contribution is 2.13. The molecule has 0 aliphatic carbocycles. The second-order valence-electron chi connectivity index (χ2n) is 4.92. The van der Waals surface area contributed by atoms with Crippen LogP contribution >= 0.6 is 0 Å². The van der Waals surface area contributed by atoms with Gasteiger partial charge in [-0.15, -0.1) is 0 Å². The fourth-order valence-corrected chi connectivity index (χ4v) is 2.00. The average molecular weight is 296 g/mol. The zero-order valence-electron chi connectivity index (χ0n) is 12.7. The van der Waals surface area contributed by atoms with Crippen LogP contribution in [0, 0.1) is 0 Å². The number of hydrogen-bond donors (Lipinski definition) is 0. The zero-order chi connectivity index (χ0) is 15.8. The topological polar surface area (TPSA) is 42.4 Å². The van der Waals surface area contributed by atoms with Crippen LogP contribution in [-0.4, -0.2) is 36.0 Å². The van der Waals surface area contributed by atoms with Gasteiger partial charge in [0.05, 0.1) is 0 Å². The van der Waals surface area contributed by atoms with Crippen molar-refractivity contribution < 1.29 is 9.53 Å². The van der Waals surface area contributed by atoms with Crippen molar-refractivity contribution in [1.29, 1.82) is 0 Å². The van der Waals surface area contributed by atoms with Crippen LogP contribution in [0.25, 0.3) is 0 Å². The van der Waals surface area contributed by atoms with E-state index in [0.717, 1.165) is 17.9 Å². The summed E-state index contributed by atoms with van der Waals surface area (Å²) < 4.78 is 5.40. The number of carbonyl (C=O) groups excluding carboxylic acids is 1. The molecular weight excluding hydrogens is 276 g/mol. The molecular formula is C18H20N2O2. The Kier molecular flexibility index (Phi) is 5.72. The number of nitrogens with zero attached hydrogens (tertiary/aromatic N) is 2. The van der Waals surface area contributed by atoms with E-state index in [1.165, 1.54) is 0 Å². The highest BCUT2D eigenvalue weighted by Gasteiger charge is 2.11. The molecule has 0 radical (unpaired) electrons. The van der Waals surface area contributed by atoms with Gasteiger partial charge in [-0.25, -0.2) is 0 Å². The molecule has 0 bridgehead atoms. The fourth-order valence-electron chi connectivity index (χ4n) is 2.00. The van der Waals surface area contributed by atoms with Gasteiger partial charge in [0, 0.05) is 37.5 Å². The van der Waals surface area contributed by atoms with E-state index < -0.39 is 0 Å². The molecule has 0 N–H and O–H groups in total. The molecule has 1 aromatic heterocycles. The van der Waals surface area contributed by atoms with E-state index in [9.17, 15) is 4.79 Å². The van der Waals surface area contributed by atoms with Crippen LogP contribution in [0.5, 0.6) is 5.75 Å². The minimum absolute atomic E-state index is 0.00815. The summed E-state index contributed by atoms with van der Waals surface area (Å²) in [6, 6.07) is 12.9. The Morgan fingerprint density at radius 3 is 2.68 bits per heavy atom. The van der Waals surface area contributed by atoms with Gasteiger partial charge in [-0.3, -0.25) is 9.78 Å². The van der Waals surface area contributed by atoms with Crippen molar-refractivity contribution in [3.63, 3.8) is 0 Å². The summed E-state index contributed by atoms with van der Waals surface area (Å²) in [5.74, 6) is 0.721. The lowest BCUT2D eigenvalue weighted by atomic mass is 10.2. The summed E-state index contributed by atoms with van der Waals surface area (Å²) in [5.41, 5.74) is 1.63. The lowest BCUT2D eigenvalue weighted by molar-refractivity contribution is 0.0796. The van der Waals surface area contributed by atoms with Crippen molar-refractivity contribution in [2.24, 2.45) is 0 Å². The Morgan fingerprint density at radius 2 is 2.05 bits per heavy atom. The summed E-state index contributed by atoms with van der Waals surface area (Å²) in [5, 5.41) is 0. The van der Waals surface area contributed by atoms with E-state index in [4.69, 9.17) is 4.74 Å². The molecule has 0 aliphatic heterocycles. The molecule has 0 fully saturated rings. The van der Waals surface area contributed by atoms with E-state index in [0.29, 0.717) is 18.7 Å². The summed E-state index contributed by atoms with van der Waals surface area (Å²) in [7, 11) is 1.80. The molecule has 0 unspecified atom stereocenters. The van der Waals surface area contributed by atoms with Crippen LogP contribution < -0.4 is 4.74 Å². The van der Waals surface area contributed by atoms with Crippen LogP contribution in [0.1, 0.15) is 16.1 Å². The molecule has 1 heterocycles. The average Bonchev–Trinajstić information content (AvgIpc) is 2.58. The smallest absolute Gasteiger partial charge is 0.253 e. The van der Waals surface area contributed by atoms with Gasteiger partial charge in [0.25, 0.3) is 5.91 Å². The third-order valence-corrected chi connectivity index (χ3v) is 3.25. The zero-order valence-corrected chi connectivity index (χ0v) is 12.7. The van der Waals surface area contributed by atoms with Gasteiger partial charge >= 0.3 is 0 Å². The summed E-state index contributed by atoms with van der Waals surface area (Å²) in [6.07, 6.45) is 4.19. The second kappa shape index (κ2) is 7.98. The van der Waals surface area contributed by atoms with Crippen molar-refractivity contribution in [2.75, 3.05) is 20.2 Å². The minimum atomic E-state index is -0.00815. The Hall–Kier alpha value is -2.62. The normalized spacial score (nSPS) is 10.0. The number of benzene rings is 1. The van der Waals surface area contributed by atoms with Gasteiger partial charge in [-0.2, -0.15) is 0 Å². The maximum absolute atomic E-state index is 12.3. The van der Waals surface area contributed by atoms with Crippen LogP contribution in [0.2, 0.25) is 0 Å². The number of ether oxygens (including phenoxy) is 1. The van der Waals surface area contributed by atoms with E-state index in [1.54, 1.807) is 48.5 Å². The molecule has 2 aromatic rings. The maximum Gasteiger partial charge on any atom is 0.253 e. The summed E-state index contributed by atoms with van der Waals surface area (Å²) in [4.78, 5) is 18.3. The number of amides is 1. The Balaban J connectivity index is 1.91. The van der Waals surface area contributed by atoms with Crippen LogP contribution in [0.4, 0.5) is 0 Å². The molecule has 0 aliphatic rings. The van der Waals surface area contributed by atoms with Crippen molar-refractivity contribution >= 4 is 5.91 Å². The molecule has 114 valence electrons. The molecule has 22 heavy (non-hydrogen) atoms. The Bertz CT molecular complexity index is 609. The first-order chi connectivity index (χ1) is 10.7. The molecule has 4 nitrogen and oxygen atoms in total. The summed E-state index contributed by atoms with van der Waals surface area (Å²) in [6.45, 7) is 4.68. The van der Waals surface area contributed by atoms with E-state index >= 15 is 0 Å². The van der Waals surface area contributed by atoms with E-state index in [1.807, 2.05) is 18.2 Å². The minimum Gasteiger partial charge on any atom is -0.490 e. The first-order valence-electron chi connectivity index (χ1n) is 7.20. The molecule has 1 amide bonds. The summed E-state index contributed by atoms with van der Waals surface area (Å²) >= 11 is 0. The van der Waals surface area contributed by atoms with Gasteiger partial charge in [0.15, 0.2) is 0 Å². The molecule has 0 saturated carbocycles. The monoisotopic (exact) mass is 296 g/mol. The highest BCUT2D eigenvalue weighted by molar-refractivity contribution is 5.94. The van der Waals surface area contributed by atoms with E-state index in [-0.39, 0.29) is 5.91 Å². The number of hydrogen-bond acceptors (Lipinski definition) is 3. The highest BCUT2D eigenvalue weighted by atomic mass is 16.5. The molecule has 0 spiro atoms. The number of carbonyl (C=O) groups is 1. The quantitative estimate of drug-likeness (QED) is 0.738. The van der Waals surface area contributed by atoms with Crippen LogP contribution in [0.3, 0.4) is 0 Å². The standard InChI is InChI=1S/C18H20N2O2/c1-3-14-22-17-9-7-15(8-10-17)18(21)20(2)13-11-16-6-4-5-12-19-16/h3-10,12H,1,11,13-14H2,2H3. The van der Waals surface area contributed by atoms with Crippen molar-refractivity contribution in [3.8, 4) is 5.75 Å². The second-order valence-corrected chi connectivity index (χ2v) is 4.92. The lowest BCUT2D eigenvalue weighted by Crippen LogP contribution is -2.28. The first-order valence-corrected chi connectivity index (χ1v) is 7.20. The predicted molar refractivity (Wildman–Crippen MR) is 87.0 cm³/mol. The SMILES string of the molecule is C=CCOc1ccc(C(=O)N(C)CCc2ccccn2)cc1. The third kappa shape index (κ3) is 4.45. The molecule has 0 atom stereocenters. The van der Waals surface area contributed by atoms with Gasteiger partial charge in [-0.05, 0) is 36.4 Å².